The number of hydrogen-bond donors (Lipinski definition) is 4. The molecular formula is C11H17MgNO5. The Bertz CT molecular complexity index is 383. The standard InChI is InChI=1S/C7H6O3.C4H9NO2.Mg.2H/c8-6-4-2-1-3-5(6)7(9)10;5-3-1-2-4(6)7;;;/h1-4,8H,(H,9,10);1-3,5H2,(H,6,7);;;. The molecule has 0 aliphatic carbocycles. The Balaban J connectivity index is 0. The second-order valence-electron chi connectivity index (χ2n) is 3.11. The summed E-state index contributed by atoms with van der Waals surface area (Å²) < 4.78 is 0. The number of rotatable bonds is 4. The zero-order valence-electron chi connectivity index (χ0n) is 9.17. The molecule has 0 saturated heterocycles. The zero-order valence-corrected chi connectivity index (χ0v) is 9.17. The molecule has 7 heteroatoms. The van der Waals surface area contributed by atoms with E-state index in [0.29, 0.717) is 13.0 Å². The van der Waals surface area contributed by atoms with Crippen LogP contribution in [0.2, 0.25) is 0 Å². The van der Waals surface area contributed by atoms with Gasteiger partial charge in [0.05, 0.1) is 0 Å². The van der Waals surface area contributed by atoms with Crippen LogP contribution in [0.1, 0.15) is 23.2 Å². The van der Waals surface area contributed by atoms with Crippen molar-refractivity contribution in [1.82, 2.24) is 0 Å². The molecule has 0 aromatic heterocycles. The number of carboxylic acids is 2. The van der Waals surface area contributed by atoms with E-state index in [1.165, 1.54) is 12.1 Å². The molecule has 0 spiro atoms. The monoisotopic (exact) mass is 267 g/mol. The highest BCUT2D eigenvalue weighted by atomic mass is 24.3. The fourth-order valence-electron chi connectivity index (χ4n) is 0.908. The van der Waals surface area contributed by atoms with Gasteiger partial charge in [0.15, 0.2) is 0 Å². The minimum Gasteiger partial charge on any atom is -0.507 e. The number of aliphatic carboxylic acids is 1. The van der Waals surface area contributed by atoms with Gasteiger partial charge in [-0.25, -0.2) is 4.79 Å². The van der Waals surface area contributed by atoms with Gasteiger partial charge in [-0.15, -0.1) is 0 Å². The molecule has 0 fully saturated rings. The van der Waals surface area contributed by atoms with Crippen LogP contribution in [0.3, 0.4) is 0 Å². The van der Waals surface area contributed by atoms with Gasteiger partial charge in [-0.1, -0.05) is 12.1 Å². The summed E-state index contributed by atoms with van der Waals surface area (Å²) in [6, 6.07) is 5.81. The summed E-state index contributed by atoms with van der Waals surface area (Å²) in [5, 5.41) is 25.3. The van der Waals surface area contributed by atoms with Gasteiger partial charge in [-0.2, -0.15) is 0 Å². The van der Waals surface area contributed by atoms with Crippen LogP contribution in [0, 0.1) is 0 Å². The van der Waals surface area contributed by atoms with E-state index in [2.05, 4.69) is 0 Å². The van der Waals surface area contributed by atoms with Crippen molar-refractivity contribution < 1.29 is 24.9 Å². The van der Waals surface area contributed by atoms with Gasteiger partial charge in [0, 0.05) is 6.42 Å². The lowest BCUT2D eigenvalue weighted by Gasteiger charge is -1.95. The maximum absolute atomic E-state index is 10.3. The Morgan fingerprint density at radius 3 is 2.00 bits per heavy atom. The van der Waals surface area contributed by atoms with Crippen LogP contribution < -0.4 is 5.73 Å². The van der Waals surface area contributed by atoms with Crippen LogP contribution in [-0.2, 0) is 4.79 Å². The third kappa shape index (κ3) is 8.79. The highest BCUT2D eigenvalue weighted by Gasteiger charge is 2.05. The van der Waals surface area contributed by atoms with Crippen LogP contribution in [0.15, 0.2) is 24.3 Å². The predicted molar refractivity (Wildman–Crippen MR) is 69.5 cm³/mol. The maximum Gasteiger partial charge on any atom is 0.339 e. The van der Waals surface area contributed by atoms with Gasteiger partial charge in [0.25, 0.3) is 0 Å². The Morgan fingerprint density at radius 2 is 1.72 bits per heavy atom. The summed E-state index contributed by atoms with van der Waals surface area (Å²) in [6.07, 6.45) is 0.770. The third-order valence-electron chi connectivity index (χ3n) is 1.73. The molecule has 98 valence electrons. The van der Waals surface area contributed by atoms with Crippen molar-refractivity contribution in [3.8, 4) is 5.75 Å². The molecule has 1 aromatic carbocycles. The molecule has 1 rings (SSSR count). The first-order chi connectivity index (χ1) is 7.99. The van der Waals surface area contributed by atoms with Crippen molar-refractivity contribution in [3.63, 3.8) is 0 Å². The number of benzene rings is 1. The molecule has 0 aliphatic heterocycles. The molecule has 0 amide bonds. The predicted octanol–water partition coefficient (Wildman–Crippen LogP) is -0.0159. The lowest BCUT2D eigenvalue weighted by atomic mass is 10.2. The Labute approximate surface area is 121 Å². The molecule has 1 aromatic rings. The molecule has 0 bridgehead atoms. The number of carboxylic acid groups (broad SMARTS) is 2. The van der Waals surface area contributed by atoms with E-state index < -0.39 is 11.9 Å². The highest BCUT2D eigenvalue weighted by Crippen LogP contribution is 2.14. The van der Waals surface area contributed by atoms with Gasteiger partial charge < -0.3 is 21.1 Å². The molecule has 6 nitrogen and oxygen atoms in total. The van der Waals surface area contributed by atoms with E-state index in [1.807, 2.05) is 0 Å². The summed E-state index contributed by atoms with van der Waals surface area (Å²) in [5.74, 6) is -2.08. The second-order valence-corrected chi connectivity index (χ2v) is 3.11. The molecule has 0 heterocycles. The van der Waals surface area contributed by atoms with E-state index >= 15 is 0 Å². The van der Waals surface area contributed by atoms with E-state index in [9.17, 15) is 9.59 Å². The average Bonchev–Trinajstić information content (AvgIpc) is 2.27. The highest BCUT2D eigenvalue weighted by molar-refractivity contribution is 5.90. The summed E-state index contributed by atoms with van der Waals surface area (Å²) >= 11 is 0. The van der Waals surface area contributed by atoms with Crippen molar-refractivity contribution in [2.75, 3.05) is 6.54 Å². The van der Waals surface area contributed by atoms with Gasteiger partial charge in [-0.05, 0) is 25.1 Å². The lowest BCUT2D eigenvalue weighted by Crippen LogP contribution is -2.02. The summed E-state index contributed by atoms with van der Waals surface area (Å²) in [7, 11) is 0. The second kappa shape index (κ2) is 10.8. The normalized spacial score (nSPS) is 8.50. The van der Waals surface area contributed by atoms with Crippen LogP contribution in [0.4, 0.5) is 0 Å². The van der Waals surface area contributed by atoms with Crippen LogP contribution in [0.5, 0.6) is 5.75 Å². The lowest BCUT2D eigenvalue weighted by molar-refractivity contribution is -0.137. The van der Waals surface area contributed by atoms with Crippen molar-refractivity contribution in [3.05, 3.63) is 29.8 Å². The van der Waals surface area contributed by atoms with Crippen LogP contribution in [-0.4, -0.2) is 56.9 Å². The van der Waals surface area contributed by atoms with Gasteiger partial charge >= 0.3 is 35.0 Å². The molecule has 18 heavy (non-hydrogen) atoms. The number of aromatic carboxylic acids is 1. The quantitative estimate of drug-likeness (QED) is 0.569. The van der Waals surface area contributed by atoms with Crippen molar-refractivity contribution >= 4 is 35.0 Å². The van der Waals surface area contributed by atoms with E-state index in [1.54, 1.807) is 12.1 Å². The molecule has 0 unspecified atom stereocenters. The maximum atomic E-state index is 10.3. The zero-order chi connectivity index (χ0) is 13.3. The van der Waals surface area contributed by atoms with Gasteiger partial charge in [0.2, 0.25) is 0 Å². The number of nitrogens with two attached hydrogens (primary N) is 1. The van der Waals surface area contributed by atoms with Crippen molar-refractivity contribution in [2.45, 2.75) is 12.8 Å². The van der Waals surface area contributed by atoms with Gasteiger partial charge in [0.1, 0.15) is 11.3 Å². The van der Waals surface area contributed by atoms with Gasteiger partial charge in [-0.3, -0.25) is 4.79 Å². The summed E-state index contributed by atoms with van der Waals surface area (Å²) in [4.78, 5) is 20.0. The van der Waals surface area contributed by atoms with E-state index in [0.717, 1.165) is 0 Å². The topological polar surface area (TPSA) is 121 Å². The Hall–Kier alpha value is -1.31. The Kier molecular flexibility index (Phi) is 11.4. The smallest absolute Gasteiger partial charge is 0.339 e. The fraction of sp³-hybridized carbons (Fsp3) is 0.273. The minimum atomic E-state index is -1.11. The molecule has 0 aliphatic rings. The first-order valence-electron chi connectivity index (χ1n) is 4.92. The summed E-state index contributed by atoms with van der Waals surface area (Å²) in [5.41, 5.74) is 4.95. The number of aromatic hydroxyl groups is 1. The number of hydrogen-bond acceptors (Lipinski definition) is 4. The van der Waals surface area contributed by atoms with E-state index in [4.69, 9.17) is 21.1 Å². The molecule has 0 atom stereocenters. The average molecular weight is 268 g/mol. The Morgan fingerprint density at radius 1 is 1.17 bits per heavy atom. The molecular weight excluding hydrogens is 250 g/mol. The first kappa shape index (κ1) is 19.0. The number of para-hydroxylation sites is 1. The van der Waals surface area contributed by atoms with Crippen molar-refractivity contribution in [2.24, 2.45) is 5.73 Å². The van der Waals surface area contributed by atoms with Crippen LogP contribution >= 0.6 is 0 Å². The SMILES string of the molecule is NCCCC(=O)O.O=C(O)c1ccccc1O.[MgH2]. The largest absolute Gasteiger partial charge is 0.507 e. The number of phenols is 1. The molecule has 0 radical (unpaired) electrons. The van der Waals surface area contributed by atoms with Crippen LogP contribution in [0.25, 0.3) is 0 Å². The first-order valence-corrected chi connectivity index (χ1v) is 4.92. The number of carbonyl (C=O) groups is 2. The van der Waals surface area contributed by atoms with Crippen molar-refractivity contribution in [1.29, 1.82) is 0 Å². The molecule has 5 N–H and O–H groups in total. The summed E-state index contributed by atoms with van der Waals surface area (Å²) in [6.45, 7) is 0.465. The van der Waals surface area contributed by atoms with E-state index in [-0.39, 0.29) is 40.8 Å². The molecule has 0 saturated carbocycles. The third-order valence-corrected chi connectivity index (χ3v) is 1.73. The fourth-order valence-corrected chi connectivity index (χ4v) is 0.908. The minimum absolute atomic E-state index is 0.